The summed E-state index contributed by atoms with van der Waals surface area (Å²) in [5, 5.41) is 3.27. The zero-order valence-electron chi connectivity index (χ0n) is 20.3. The Balaban J connectivity index is 1.38. The summed E-state index contributed by atoms with van der Waals surface area (Å²) >= 11 is 0. The molecule has 0 spiro atoms. The molecular weight excluding hydrogens is 474 g/mol. The standard InChI is InChI=1S/C28H25N3O6/c1-16(26(32)31-12-11-29-28(31)34)37-27(33)24-19-6-2-3-8-21(19)30-25-18(5-4-7-20(24)25)13-17-9-10-22-23(14-17)36-15-35-22/h2-3,6,8-10,13-14,16H,4-5,7,11-12,15H2,1H3,(H,29,34)/b18-13+. The Labute approximate surface area is 213 Å². The van der Waals surface area contributed by atoms with Gasteiger partial charge in [-0.25, -0.2) is 14.6 Å². The van der Waals surface area contributed by atoms with Crippen LogP contribution in [-0.2, 0) is 16.0 Å². The zero-order valence-corrected chi connectivity index (χ0v) is 20.3. The molecule has 1 N–H and O–H groups in total. The Morgan fingerprint density at radius 2 is 1.97 bits per heavy atom. The van der Waals surface area contributed by atoms with Crippen molar-refractivity contribution in [2.24, 2.45) is 0 Å². The topological polar surface area (TPSA) is 107 Å². The maximum absolute atomic E-state index is 13.6. The van der Waals surface area contributed by atoms with Gasteiger partial charge in [-0.2, -0.15) is 0 Å². The molecule has 9 nitrogen and oxygen atoms in total. The molecule has 1 saturated heterocycles. The lowest BCUT2D eigenvalue weighted by atomic mass is 9.86. The van der Waals surface area contributed by atoms with Crippen LogP contribution in [0.5, 0.6) is 11.5 Å². The third kappa shape index (κ3) is 4.16. The number of hydrogen-bond acceptors (Lipinski definition) is 7. The van der Waals surface area contributed by atoms with Gasteiger partial charge in [0, 0.05) is 18.5 Å². The third-order valence-electron chi connectivity index (χ3n) is 6.87. The molecular formula is C28H25N3O6. The Hall–Kier alpha value is -4.40. The van der Waals surface area contributed by atoms with Crippen LogP contribution in [0.15, 0.2) is 42.5 Å². The molecule has 0 saturated carbocycles. The lowest BCUT2D eigenvalue weighted by Crippen LogP contribution is -2.42. The van der Waals surface area contributed by atoms with Crippen LogP contribution < -0.4 is 14.8 Å². The monoisotopic (exact) mass is 499 g/mol. The number of carbonyl (C=O) groups excluding carboxylic acids is 3. The number of benzene rings is 2. The van der Waals surface area contributed by atoms with Crippen molar-refractivity contribution in [3.63, 3.8) is 0 Å². The predicted molar refractivity (Wildman–Crippen MR) is 135 cm³/mol. The number of carbonyl (C=O) groups is 3. The van der Waals surface area contributed by atoms with Crippen LogP contribution in [0.25, 0.3) is 22.6 Å². The molecule has 2 aromatic carbocycles. The minimum Gasteiger partial charge on any atom is -0.454 e. The summed E-state index contributed by atoms with van der Waals surface area (Å²) < 4.78 is 16.6. The highest BCUT2D eigenvalue weighted by Gasteiger charge is 2.33. The van der Waals surface area contributed by atoms with E-state index in [0.717, 1.165) is 45.9 Å². The van der Waals surface area contributed by atoms with E-state index in [0.29, 0.717) is 35.2 Å². The molecule has 6 rings (SSSR count). The van der Waals surface area contributed by atoms with Gasteiger partial charge in [0.05, 0.1) is 16.8 Å². The van der Waals surface area contributed by atoms with E-state index in [1.54, 1.807) is 0 Å². The van der Waals surface area contributed by atoms with Gasteiger partial charge in [0.25, 0.3) is 5.91 Å². The average molecular weight is 500 g/mol. The number of amides is 3. The van der Waals surface area contributed by atoms with Crippen molar-refractivity contribution in [3.8, 4) is 11.5 Å². The lowest BCUT2D eigenvalue weighted by Gasteiger charge is -2.24. The molecule has 2 aliphatic heterocycles. The van der Waals surface area contributed by atoms with Crippen LogP contribution in [0.3, 0.4) is 0 Å². The summed E-state index contributed by atoms with van der Waals surface area (Å²) in [4.78, 5) is 44.2. The molecule has 1 unspecified atom stereocenters. The van der Waals surface area contributed by atoms with E-state index in [1.807, 2.05) is 42.5 Å². The number of rotatable bonds is 4. The SMILES string of the molecule is CC(OC(=O)c1c2c(nc3ccccc13)/C(=C/c1ccc3c(c1)OCO3)CCC2)C(=O)N1CCNC1=O. The van der Waals surface area contributed by atoms with E-state index in [4.69, 9.17) is 19.2 Å². The average Bonchev–Trinajstić information content (AvgIpc) is 3.55. The first-order chi connectivity index (χ1) is 18.0. The smallest absolute Gasteiger partial charge is 0.339 e. The molecule has 1 fully saturated rings. The number of nitrogens with one attached hydrogen (secondary N) is 1. The van der Waals surface area contributed by atoms with Gasteiger partial charge in [0.1, 0.15) is 0 Å². The van der Waals surface area contributed by atoms with Crippen molar-refractivity contribution in [2.75, 3.05) is 19.9 Å². The summed E-state index contributed by atoms with van der Waals surface area (Å²) in [7, 11) is 0. The van der Waals surface area contributed by atoms with E-state index >= 15 is 0 Å². The van der Waals surface area contributed by atoms with E-state index < -0.39 is 24.0 Å². The van der Waals surface area contributed by atoms with Gasteiger partial charge in [-0.15, -0.1) is 0 Å². The van der Waals surface area contributed by atoms with Crippen LogP contribution in [-0.4, -0.2) is 53.8 Å². The van der Waals surface area contributed by atoms with Crippen molar-refractivity contribution < 1.29 is 28.6 Å². The van der Waals surface area contributed by atoms with Crippen molar-refractivity contribution in [3.05, 3.63) is 64.8 Å². The number of para-hydroxylation sites is 1. The fourth-order valence-corrected chi connectivity index (χ4v) is 5.08. The Kier molecular flexibility index (Phi) is 5.75. The number of hydrogen-bond donors (Lipinski definition) is 1. The van der Waals surface area contributed by atoms with Gasteiger partial charge in [0.15, 0.2) is 17.6 Å². The molecule has 3 aliphatic rings. The zero-order chi connectivity index (χ0) is 25.5. The van der Waals surface area contributed by atoms with Crippen molar-refractivity contribution in [2.45, 2.75) is 32.3 Å². The maximum atomic E-state index is 13.6. The highest BCUT2D eigenvalue weighted by atomic mass is 16.7. The lowest BCUT2D eigenvalue weighted by molar-refractivity contribution is -0.136. The normalized spacial score (nSPS) is 18.0. The summed E-state index contributed by atoms with van der Waals surface area (Å²) in [5.74, 6) is 0.278. The second-order valence-electron chi connectivity index (χ2n) is 9.24. The molecule has 37 heavy (non-hydrogen) atoms. The first-order valence-corrected chi connectivity index (χ1v) is 12.3. The van der Waals surface area contributed by atoms with Crippen LogP contribution in [0, 0.1) is 0 Å². The number of allylic oxidation sites excluding steroid dienone is 1. The summed E-state index contributed by atoms with van der Waals surface area (Å²) in [6.45, 7) is 2.33. The molecule has 1 aliphatic carbocycles. The molecule has 1 atom stereocenters. The Morgan fingerprint density at radius 1 is 1.14 bits per heavy atom. The number of nitrogens with zero attached hydrogens (tertiary/aromatic N) is 2. The fraction of sp³-hybridized carbons (Fsp3) is 0.286. The molecule has 0 bridgehead atoms. The van der Waals surface area contributed by atoms with Gasteiger partial charge < -0.3 is 19.5 Å². The molecule has 3 aromatic rings. The van der Waals surface area contributed by atoms with E-state index in [2.05, 4.69) is 11.4 Å². The second-order valence-corrected chi connectivity index (χ2v) is 9.24. The highest BCUT2D eigenvalue weighted by molar-refractivity contribution is 6.08. The van der Waals surface area contributed by atoms with E-state index in [1.165, 1.54) is 6.92 Å². The van der Waals surface area contributed by atoms with Crippen molar-refractivity contribution >= 4 is 40.5 Å². The molecule has 9 heteroatoms. The van der Waals surface area contributed by atoms with Crippen LogP contribution >= 0.6 is 0 Å². The van der Waals surface area contributed by atoms with Gasteiger partial charge >= 0.3 is 12.0 Å². The minimum absolute atomic E-state index is 0.209. The summed E-state index contributed by atoms with van der Waals surface area (Å²) in [6.07, 6.45) is 3.26. The quantitative estimate of drug-likeness (QED) is 0.542. The summed E-state index contributed by atoms with van der Waals surface area (Å²) in [5.41, 5.74) is 4.62. The molecule has 188 valence electrons. The number of aromatic nitrogens is 1. The van der Waals surface area contributed by atoms with Crippen LogP contribution in [0.2, 0.25) is 0 Å². The van der Waals surface area contributed by atoms with Gasteiger partial charge in [0.2, 0.25) is 6.79 Å². The van der Waals surface area contributed by atoms with Crippen LogP contribution in [0.4, 0.5) is 4.79 Å². The molecule has 3 amide bonds. The van der Waals surface area contributed by atoms with Gasteiger partial charge in [-0.05, 0) is 67.2 Å². The minimum atomic E-state index is -1.11. The predicted octanol–water partition coefficient (Wildman–Crippen LogP) is 3.94. The largest absolute Gasteiger partial charge is 0.454 e. The number of urea groups is 1. The Morgan fingerprint density at radius 3 is 2.81 bits per heavy atom. The maximum Gasteiger partial charge on any atom is 0.339 e. The molecule has 1 aromatic heterocycles. The van der Waals surface area contributed by atoms with Crippen molar-refractivity contribution in [1.82, 2.24) is 15.2 Å². The Bertz CT molecular complexity index is 1480. The van der Waals surface area contributed by atoms with Crippen LogP contribution in [0.1, 0.15) is 46.9 Å². The first-order valence-electron chi connectivity index (χ1n) is 12.3. The number of esters is 1. The van der Waals surface area contributed by atoms with E-state index in [-0.39, 0.29) is 13.3 Å². The molecule has 3 heterocycles. The van der Waals surface area contributed by atoms with E-state index in [9.17, 15) is 14.4 Å². The summed E-state index contributed by atoms with van der Waals surface area (Å²) in [6, 6.07) is 12.7. The van der Waals surface area contributed by atoms with Crippen molar-refractivity contribution in [1.29, 1.82) is 0 Å². The number of imide groups is 1. The highest BCUT2D eigenvalue weighted by Crippen LogP contribution is 2.38. The fourth-order valence-electron chi connectivity index (χ4n) is 5.08. The molecule has 0 radical (unpaired) electrons. The number of fused-ring (bicyclic) bond motifs is 3. The second kappa shape index (κ2) is 9.24. The third-order valence-corrected chi connectivity index (χ3v) is 6.87. The number of ether oxygens (including phenoxy) is 3. The first kappa shape index (κ1) is 23.0. The van der Waals surface area contributed by atoms with Gasteiger partial charge in [-0.1, -0.05) is 24.3 Å². The van der Waals surface area contributed by atoms with Gasteiger partial charge in [-0.3, -0.25) is 9.69 Å². The number of pyridine rings is 1.